The van der Waals surface area contributed by atoms with Crippen molar-refractivity contribution in [3.63, 3.8) is 0 Å². The van der Waals surface area contributed by atoms with Crippen LogP contribution >= 0.6 is 0 Å². The number of hydrogen-bond donors (Lipinski definition) is 1. The van der Waals surface area contributed by atoms with Gasteiger partial charge in [-0.1, -0.05) is 13.3 Å². The van der Waals surface area contributed by atoms with E-state index >= 15 is 0 Å². The van der Waals surface area contributed by atoms with E-state index in [9.17, 15) is 4.79 Å². The molecule has 0 saturated carbocycles. The molecule has 1 fully saturated rings. The van der Waals surface area contributed by atoms with Gasteiger partial charge in [-0.05, 0) is 39.7 Å². The van der Waals surface area contributed by atoms with Gasteiger partial charge in [0, 0.05) is 37.6 Å². The Bertz CT molecular complexity index is 491. The number of nitrogens with one attached hydrogen (secondary N) is 1. The molecule has 0 amide bonds. The van der Waals surface area contributed by atoms with E-state index < -0.39 is 0 Å². The maximum absolute atomic E-state index is 12.6. The number of hydrogen-bond acceptors (Lipinski definition) is 4. The molecule has 0 aromatic carbocycles. The molecule has 5 heteroatoms. The average molecular weight is 292 g/mol. The highest BCUT2D eigenvalue weighted by molar-refractivity contribution is 5.36. The van der Waals surface area contributed by atoms with Gasteiger partial charge in [0.2, 0.25) is 0 Å². The lowest BCUT2D eigenvalue weighted by molar-refractivity contribution is 0.548. The Morgan fingerprint density at radius 2 is 2.33 bits per heavy atom. The molecular formula is C16H28N4O. The molecule has 1 aliphatic heterocycles. The molecule has 1 unspecified atom stereocenters. The van der Waals surface area contributed by atoms with Crippen molar-refractivity contribution in [2.45, 2.75) is 58.5 Å². The topological polar surface area (TPSA) is 50.2 Å². The van der Waals surface area contributed by atoms with Gasteiger partial charge < -0.3 is 14.8 Å². The van der Waals surface area contributed by atoms with Crippen molar-refractivity contribution >= 4 is 5.82 Å². The highest BCUT2D eigenvalue weighted by Crippen LogP contribution is 2.13. The first-order chi connectivity index (χ1) is 10.1. The average Bonchev–Trinajstić information content (AvgIpc) is 2.96. The molecule has 1 aromatic rings. The summed E-state index contributed by atoms with van der Waals surface area (Å²) >= 11 is 0. The third-order valence-corrected chi connectivity index (χ3v) is 4.09. The summed E-state index contributed by atoms with van der Waals surface area (Å²) in [6.07, 6.45) is 8.16. The highest BCUT2D eigenvalue weighted by Gasteiger charge is 2.21. The van der Waals surface area contributed by atoms with Gasteiger partial charge in [0.05, 0.1) is 0 Å². The van der Waals surface area contributed by atoms with E-state index in [2.05, 4.69) is 22.1 Å². The summed E-state index contributed by atoms with van der Waals surface area (Å²) in [5.74, 6) is 0.605. The fourth-order valence-corrected chi connectivity index (χ4v) is 2.85. The summed E-state index contributed by atoms with van der Waals surface area (Å²) < 4.78 is 1.77. The molecule has 1 saturated heterocycles. The van der Waals surface area contributed by atoms with Crippen LogP contribution < -0.4 is 15.8 Å². The zero-order valence-electron chi connectivity index (χ0n) is 13.5. The van der Waals surface area contributed by atoms with E-state index in [4.69, 9.17) is 0 Å². The summed E-state index contributed by atoms with van der Waals surface area (Å²) in [6, 6.07) is 0.646. The van der Waals surface area contributed by atoms with Crippen LogP contribution in [0.25, 0.3) is 0 Å². The third-order valence-electron chi connectivity index (χ3n) is 4.09. The third kappa shape index (κ3) is 4.06. The lowest BCUT2D eigenvalue weighted by Gasteiger charge is -2.27. The lowest BCUT2D eigenvalue weighted by atomic mass is 10.2. The zero-order chi connectivity index (χ0) is 15.2. The molecule has 5 nitrogen and oxygen atoms in total. The van der Waals surface area contributed by atoms with E-state index in [0.717, 1.165) is 32.5 Å². The van der Waals surface area contributed by atoms with E-state index in [0.29, 0.717) is 11.9 Å². The van der Waals surface area contributed by atoms with Crippen LogP contribution in [0.2, 0.25) is 0 Å². The van der Waals surface area contributed by atoms with Gasteiger partial charge in [-0.15, -0.1) is 0 Å². The molecule has 0 bridgehead atoms. The molecule has 1 aliphatic rings. The number of rotatable bonds is 7. The Morgan fingerprint density at radius 1 is 1.52 bits per heavy atom. The standard InChI is InChI=1S/C16H28N4O/c1-4-5-10-19(12-14-7-6-8-17-14)15-16(21)20(13(2)3)11-9-18-15/h9,11,13-14,17H,4-8,10,12H2,1-3H3. The van der Waals surface area contributed by atoms with E-state index in [1.54, 1.807) is 17.0 Å². The van der Waals surface area contributed by atoms with E-state index in [1.165, 1.54) is 12.8 Å². The monoisotopic (exact) mass is 292 g/mol. The number of aromatic nitrogens is 2. The number of unbranched alkanes of at least 4 members (excludes halogenated alkanes) is 1. The first kappa shape index (κ1) is 16.0. The molecule has 2 heterocycles. The largest absolute Gasteiger partial charge is 0.350 e. The van der Waals surface area contributed by atoms with Crippen LogP contribution in [0.15, 0.2) is 17.2 Å². The fraction of sp³-hybridized carbons (Fsp3) is 0.750. The Labute approximate surface area is 127 Å². The van der Waals surface area contributed by atoms with Gasteiger partial charge in [-0.3, -0.25) is 4.79 Å². The first-order valence-corrected chi connectivity index (χ1v) is 8.19. The van der Waals surface area contributed by atoms with Crippen LogP contribution in [0, 0.1) is 0 Å². The second-order valence-electron chi connectivity index (χ2n) is 6.15. The molecule has 0 radical (unpaired) electrons. The second-order valence-corrected chi connectivity index (χ2v) is 6.15. The minimum absolute atomic E-state index is 0.0293. The fourth-order valence-electron chi connectivity index (χ4n) is 2.85. The molecule has 0 spiro atoms. The summed E-state index contributed by atoms with van der Waals surface area (Å²) in [4.78, 5) is 19.2. The smallest absolute Gasteiger partial charge is 0.293 e. The lowest BCUT2D eigenvalue weighted by Crippen LogP contribution is -2.42. The molecular weight excluding hydrogens is 264 g/mol. The minimum Gasteiger partial charge on any atom is -0.350 e. The summed E-state index contributed by atoms with van der Waals surface area (Å²) in [5.41, 5.74) is 0.0293. The van der Waals surface area contributed by atoms with Crippen molar-refractivity contribution in [3.05, 3.63) is 22.7 Å². The van der Waals surface area contributed by atoms with Crippen molar-refractivity contribution in [2.75, 3.05) is 24.5 Å². The van der Waals surface area contributed by atoms with Gasteiger partial charge in [0.1, 0.15) is 0 Å². The predicted octanol–water partition coefficient (Wildman–Crippen LogP) is 2.18. The quantitative estimate of drug-likeness (QED) is 0.837. The molecule has 0 aliphatic carbocycles. The normalized spacial score (nSPS) is 18.4. The Hall–Kier alpha value is -1.36. The van der Waals surface area contributed by atoms with E-state index in [1.807, 2.05) is 13.8 Å². The summed E-state index contributed by atoms with van der Waals surface area (Å²) in [5, 5.41) is 3.51. The molecule has 1 aromatic heterocycles. The van der Waals surface area contributed by atoms with Crippen molar-refractivity contribution in [1.82, 2.24) is 14.9 Å². The maximum Gasteiger partial charge on any atom is 0.293 e. The van der Waals surface area contributed by atoms with Gasteiger partial charge in [0.25, 0.3) is 5.56 Å². The Kier molecular flexibility index (Phi) is 5.79. The van der Waals surface area contributed by atoms with Crippen molar-refractivity contribution in [3.8, 4) is 0 Å². The van der Waals surface area contributed by atoms with Gasteiger partial charge in [-0.2, -0.15) is 0 Å². The second kappa shape index (κ2) is 7.59. The zero-order valence-corrected chi connectivity index (χ0v) is 13.5. The molecule has 21 heavy (non-hydrogen) atoms. The van der Waals surface area contributed by atoms with Crippen LogP contribution in [-0.2, 0) is 0 Å². The number of nitrogens with zero attached hydrogens (tertiary/aromatic N) is 3. The van der Waals surface area contributed by atoms with Gasteiger partial charge >= 0.3 is 0 Å². The molecule has 118 valence electrons. The van der Waals surface area contributed by atoms with Crippen LogP contribution in [-0.4, -0.2) is 35.2 Å². The summed E-state index contributed by atoms with van der Waals surface area (Å²) in [6.45, 7) is 9.10. The van der Waals surface area contributed by atoms with Gasteiger partial charge in [0.15, 0.2) is 5.82 Å². The van der Waals surface area contributed by atoms with Crippen LogP contribution in [0.1, 0.15) is 52.5 Å². The van der Waals surface area contributed by atoms with E-state index in [-0.39, 0.29) is 11.6 Å². The van der Waals surface area contributed by atoms with Crippen LogP contribution in [0.4, 0.5) is 5.82 Å². The van der Waals surface area contributed by atoms with Crippen LogP contribution in [0.5, 0.6) is 0 Å². The Balaban J connectivity index is 2.22. The molecule has 1 N–H and O–H groups in total. The van der Waals surface area contributed by atoms with Crippen LogP contribution in [0.3, 0.4) is 0 Å². The Morgan fingerprint density at radius 3 is 2.95 bits per heavy atom. The highest BCUT2D eigenvalue weighted by atomic mass is 16.1. The minimum atomic E-state index is 0.0293. The van der Waals surface area contributed by atoms with Gasteiger partial charge in [-0.25, -0.2) is 4.98 Å². The van der Waals surface area contributed by atoms with Crippen molar-refractivity contribution in [2.24, 2.45) is 0 Å². The molecule has 2 rings (SSSR count). The number of anilines is 1. The molecule has 1 atom stereocenters. The van der Waals surface area contributed by atoms with Crippen molar-refractivity contribution < 1.29 is 0 Å². The van der Waals surface area contributed by atoms with Crippen molar-refractivity contribution in [1.29, 1.82) is 0 Å². The SMILES string of the molecule is CCCCN(CC1CCCN1)c1nccn(C(C)C)c1=O. The first-order valence-electron chi connectivity index (χ1n) is 8.19. The predicted molar refractivity (Wildman–Crippen MR) is 87.0 cm³/mol. The maximum atomic E-state index is 12.6. The summed E-state index contributed by atoms with van der Waals surface area (Å²) in [7, 11) is 0.